The summed E-state index contributed by atoms with van der Waals surface area (Å²) in [4.78, 5) is 53.9. The lowest BCUT2D eigenvalue weighted by molar-refractivity contribution is -0.142. The van der Waals surface area contributed by atoms with E-state index in [0.717, 1.165) is 57.8 Å². The number of carbonyl (C=O) groups excluding carboxylic acids is 3. The monoisotopic (exact) mass is 717 g/mol. The first-order valence-corrected chi connectivity index (χ1v) is 19.5. The highest BCUT2D eigenvalue weighted by molar-refractivity contribution is 7.87. The predicted octanol–water partition coefficient (Wildman–Crippen LogP) is 5.04. The summed E-state index contributed by atoms with van der Waals surface area (Å²) in [5.74, 6) is -1.55. The molecule has 4 amide bonds. The summed E-state index contributed by atoms with van der Waals surface area (Å²) in [5.41, 5.74) is 0.812. The van der Waals surface area contributed by atoms with E-state index in [-0.39, 0.29) is 35.3 Å². The Morgan fingerprint density at radius 1 is 0.900 bits per heavy atom. The summed E-state index contributed by atoms with van der Waals surface area (Å²) in [7, 11) is -4.00. The number of nitrogens with one attached hydrogen (secondary N) is 3. The number of carbonyl (C=O) groups is 4. The minimum absolute atomic E-state index is 0.0149. The van der Waals surface area contributed by atoms with E-state index in [2.05, 4.69) is 15.4 Å². The Morgan fingerprint density at radius 3 is 2.28 bits per heavy atom. The molecule has 0 bridgehead atoms. The zero-order valence-corrected chi connectivity index (χ0v) is 29.1. The van der Waals surface area contributed by atoms with E-state index in [0.29, 0.717) is 67.9 Å². The first kappa shape index (κ1) is 36.1. The second-order valence-electron chi connectivity index (χ2n) is 14.4. The van der Waals surface area contributed by atoms with E-state index in [1.165, 1.54) is 10.4 Å². The van der Waals surface area contributed by atoms with Crippen LogP contribution in [-0.4, -0.2) is 84.9 Å². The number of benzene rings is 1. The standard InChI is InChI=1S/C35H48FN5O8S/c36-21-28(38-35(45)46)23-9-11-24(12-10-23)34(44)41-18-15-27(22-7-3-1-4-8-22)31(41)33(43)37-26-13-14-29-25(19-26)20-30(49-29)32(42)39-50(47,48)40-16-5-2-6-17-40/h13-14,19-20,22-24,27-28,31,38H,1-12,15-18,21H2,(H,37,43)(H,39,42)(H,45,46)/t23-,24-,27-,28+,31-/m0/s1. The number of piperidine rings is 1. The summed E-state index contributed by atoms with van der Waals surface area (Å²) >= 11 is 0. The van der Waals surface area contributed by atoms with Crippen molar-refractivity contribution in [1.82, 2.24) is 19.2 Å². The zero-order valence-electron chi connectivity index (χ0n) is 28.3. The number of rotatable bonds is 10. The number of fused-ring (bicyclic) bond motifs is 1. The number of nitrogens with zero attached hydrogens (tertiary/aromatic N) is 2. The van der Waals surface area contributed by atoms with E-state index in [1.807, 2.05) is 0 Å². The summed E-state index contributed by atoms with van der Waals surface area (Å²) in [6.45, 7) is 0.384. The third-order valence-corrected chi connectivity index (χ3v) is 12.8. The average molecular weight is 718 g/mol. The van der Waals surface area contributed by atoms with Crippen molar-refractivity contribution in [1.29, 1.82) is 0 Å². The highest BCUT2D eigenvalue weighted by atomic mass is 32.2. The Labute approximate surface area is 291 Å². The largest absolute Gasteiger partial charge is 0.465 e. The van der Waals surface area contributed by atoms with Crippen molar-refractivity contribution in [3.05, 3.63) is 30.0 Å². The topological polar surface area (TPSA) is 178 Å². The fraction of sp³-hybridized carbons (Fsp3) is 0.657. The fourth-order valence-electron chi connectivity index (χ4n) is 8.69. The molecular weight excluding hydrogens is 669 g/mol. The molecule has 274 valence electrons. The van der Waals surface area contributed by atoms with Crippen molar-refractivity contribution in [2.45, 2.75) is 95.6 Å². The van der Waals surface area contributed by atoms with Gasteiger partial charge in [-0.15, -0.1) is 0 Å². The van der Waals surface area contributed by atoms with Gasteiger partial charge in [-0.25, -0.2) is 13.9 Å². The van der Waals surface area contributed by atoms with Gasteiger partial charge in [-0.2, -0.15) is 12.7 Å². The highest BCUT2D eigenvalue weighted by Gasteiger charge is 2.47. The molecule has 6 rings (SSSR count). The summed E-state index contributed by atoms with van der Waals surface area (Å²) < 4.78 is 48.1. The number of anilines is 1. The van der Waals surface area contributed by atoms with Crippen molar-refractivity contribution in [3.8, 4) is 0 Å². The number of hydrogen-bond acceptors (Lipinski definition) is 7. The van der Waals surface area contributed by atoms with Crippen LogP contribution in [0.15, 0.2) is 28.7 Å². The van der Waals surface area contributed by atoms with Gasteiger partial charge in [0.2, 0.25) is 11.8 Å². The Balaban J connectivity index is 1.15. The number of hydrogen-bond donors (Lipinski definition) is 4. The molecular formula is C35H48FN5O8S. The maximum atomic E-state index is 14.1. The number of carboxylic acid groups (broad SMARTS) is 1. The molecule has 2 saturated heterocycles. The van der Waals surface area contributed by atoms with Crippen LogP contribution >= 0.6 is 0 Å². The van der Waals surface area contributed by atoms with E-state index in [1.54, 1.807) is 23.1 Å². The van der Waals surface area contributed by atoms with Crippen molar-refractivity contribution in [3.63, 3.8) is 0 Å². The first-order chi connectivity index (χ1) is 24.0. The lowest BCUT2D eigenvalue weighted by Gasteiger charge is -2.37. The van der Waals surface area contributed by atoms with Crippen LogP contribution in [0.4, 0.5) is 14.9 Å². The highest BCUT2D eigenvalue weighted by Crippen LogP contribution is 2.41. The third-order valence-electron chi connectivity index (χ3n) is 11.3. The number of amides is 4. The van der Waals surface area contributed by atoms with Crippen LogP contribution < -0.4 is 15.4 Å². The Hall–Kier alpha value is -3.72. The molecule has 1 aromatic heterocycles. The smallest absolute Gasteiger partial charge is 0.404 e. The first-order valence-electron chi connectivity index (χ1n) is 18.1. The molecule has 0 radical (unpaired) electrons. The van der Waals surface area contributed by atoms with Gasteiger partial charge in [-0.3, -0.25) is 14.4 Å². The molecule has 15 heteroatoms. The van der Waals surface area contributed by atoms with Gasteiger partial charge in [-0.1, -0.05) is 38.5 Å². The van der Waals surface area contributed by atoms with Gasteiger partial charge in [-0.05, 0) is 87.0 Å². The molecule has 13 nitrogen and oxygen atoms in total. The lowest BCUT2D eigenvalue weighted by atomic mass is 9.76. The van der Waals surface area contributed by atoms with Crippen LogP contribution in [0.3, 0.4) is 0 Å². The maximum Gasteiger partial charge on any atom is 0.404 e. The Morgan fingerprint density at radius 2 is 1.60 bits per heavy atom. The molecule has 4 N–H and O–H groups in total. The van der Waals surface area contributed by atoms with Gasteiger partial charge < -0.3 is 25.1 Å². The third kappa shape index (κ3) is 8.09. The SMILES string of the molecule is O=C(O)N[C@H](CF)[C@H]1CC[C@H](C(=O)N2CC[C@@H](C3CCCCC3)[C@H]2C(=O)Nc2ccc3oc(C(=O)NS(=O)(=O)N4CCCCC4)cc3c2)CC1. The molecule has 0 unspecified atom stereocenters. The predicted molar refractivity (Wildman–Crippen MR) is 183 cm³/mol. The number of furan rings is 1. The summed E-state index contributed by atoms with van der Waals surface area (Å²) in [5, 5.41) is 14.9. The fourth-order valence-corrected chi connectivity index (χ4v) is 9.89. The lowest BCUT2D eigenvalue weighted by Crippen LogP contribution is -2.50. The summed E-state index contributed by atoms with van der Waals surface area (Å²) in [6.07, 6.45) is 9.34. The Bertz CT molecular complexity index is 1660. The molecule has 3 heterocycles. The van der Waals surface area contributed by atoms with Crippen molar-refractivity contribution in [2.24, 2.45) is 23.7 Å². The van der Waals surface area contributed by atoms with Crippen LogP contribution in [0.25, 0.3) is 11.0 Å². The molecule has 2 aromatic rings. The second kappa shape index (κ2) is 15.7. The van der Waals surface area contributed by atoms with Crippen LogP contribution in [-0.2, 0) is 19.8 Å². The van der Waals surface area contributed by atoms with E-state index in [4.69, 9.17) is 9.52 Å². The normalized spacial score (nSPS) is 26.0. The van der Waals surface area contributed by atoms with Crippen LogP contribution in [0, 0.1) is 23.7 Å². The molecule has 2 aliphatic heterocycles. The number of alkyl halides is 1. The number of halogens is 1. The average Bonchev–Trinajstić information content (AvgIpc) is 3.76. The van der Waals surface area contributed by atoms with E-state index in [9.17, 15) is 32.0 Å². The van der Waals surface area contributed by atoms with Gasteiger partial charge in [0.15, 0.2) is 5.76 Å². The van der Waals surface area contributed by atoms with E-state index < -0.39 is 41.0 Å². The zero-order chi connectivity index (χ0) is 35.4. The molecule has 4 fully saturated rings. The molecule has 4 aliphatic rings. The molecule has 0 spiro atoms. The van der Waals surface area contributed by atoms with Gasteiger partial charge in [0.05, 0.1) is 6.04 Å². The van der Waals surface area contributed by atoms with Gasteiger partial charge >= 0.3 is 22.2 Å². The quantitative estimate of drug-likeness (QED) is 0.264. The van der Waals surface area contributed by atoms with E-state index >= 15 is 0 Å². The van der Waals surface area contributed by atoms with Crippen LogP contribution in [0.1, 0.15) is 94.0 Å². The van der Waals surface area contributed by atoms with Crippen molar-refractivity contribution in [2.75, 3.05) is 31.6 Å². The van der Waals surface area contributed by atoms with Crippen molar-refractivity contribution >= 4 is 50.7 Å². The molecule has 50 heavy (non-hydrogen) atoms. The number of likely N-dealkylation sites (tertiary alicyclic amines) is 1. The van der Waals surface area contributed by atoms with Gasteiger partial charge in [0.25, 0.3) is 0 Å². The molecule has 3 atom stereocenters. The molecule has 2 aliphatic carbocycles. The van der Waals surface area contributed by atoms with Gasteiger partial charge in [0, 0.05) is 36.6 Å². The van der Waals surface area contributed by atoms with Crippen LogP contribution in [0.2, 0.25) is 0 Å². The minimum atomic E-state index is -4.00. The van der Waals surface area contributed by atoms with Crippen LogP contribution in [0.5, 0.6) is 0 Å². The molecule has 2 saturated carbocycles. The second-order valence-corrected chi connectivity index (χ2v) is 16.1. The minimum Gasteiger partial charge on any atom is -0.465 e. The van der Waals surface area contributed by atoms with Gasteiger partial charge in [0.1, 0.15) is 18.3 Å². The Kier molecular flexibility index (Phi) is 11.3. The molecule has 1 aromatic carbocycles. The maximum absolute atomic E-state index is 14.1. The van der Waals surface area contributed by atoms with Crippen molar-refractivity contribution < 1.29 is 41.5 Å². The summed E-state index contributed by atoms with van der Waals surface area (Å²) in [6, 6.07) is 4.92.